The minimum atomic E-state index is -0.827. The summed E-state index contributed by atoms with van der Waals surface area (Å²) in [5.41, 5.74) is 0.553. The molecule has 0 bridgehead atoms. The lowest BCUT2D eigenvalue weighted by Gasteiger charge is -2.30. The Labute approximate surface area is 193 Å². The summed E-state index contributed by atoms with van der Waals surface area (Å²) in [5, 5.41) is 10.8. The van der Waals surface area contributed by atoms with Gasteiger partial charge < -0.3 is 28.8 Å². The Balaban J connectivity index is 2.06. The highest BCUT2D eigenvalue weighted by atomic mass is 16.5. The van der Waals surface area contributed by atoms with Crippen molar-refractivity contribution < 1.29 is 28.6 Å². The summed E-state index contributed by atoms with van der Waals surface area (Å²) in [7, 11) is 3.05. The molecule has 0 saturated carbocycles. The molecule has 8 nitrogen and oxygen atoms in total. The molecule has 1 aliphatic rings. The Morgan fingerprint density at radius 1 is 1.21 bits per heavy atom. The van der Waals surface area contributed by atoms with Crippen molar-refractivity contribution in [1.29, 1.82) is 0 Å². The molecule has 0 fully saturated rings. The zero-order valence-electron chi connectivity index (χ0n) is 19.4. The molecule has 176 valence electrons. The van der Waals surface area contributed by atoms with Gasteiger partial charge in [0.05, 0.1) is 32.1 Å². The van der Waals surface area contributed by atoms with Crippen LogP contribution in [0, 0.1) is 0 Å². The molecular weight excluding hydrogens is 424 g/mol. The van der Waals surface area contributed by atoms with E-state index in [-0.39, 0.29) is 5.57 Å². The van der Waals surface area contributed by atoms with Gasteiger partial charge in [-0.3, -0.25) is 9.59 Å². The minimum Gasteiger partial charge on any atom is -0.503 e. The van der Waals surface area contributed by atoms with E-state index in [1.54, 1.807) is 30.3 Å². The number of methoxy groups -OCH3 is 2. The van der Waals surface area contributed by atoms with Crippen molar-refractivity contribution in [2.45, 2.75) is 19.9 Å². The van der Waals surface area contributed by atoms with Crippen LogP contribution in [0.2, 0.25) is 0 Å². The number of ether oxygens (including phenoxy) is 2. The van der Waals surface area contributed by atoms with E-state index in [0.29, 0.717) is 35.9 Å². The van der Waals surface area contributed by atoms with Crippen LogP contribution in [-0.2, 0) is 9.59 Å². The first-order chi connectivity index (χ1) is 15.9. The highest BCUT2D eigenvalue weighted by Gasteiger charge is 2.44. The maximum atomic E-state index is 13.2. The Morgan fingerprint density at radius 3 is 2.58 bits per heavy atom. The SMILES string of the molecule is CCN(CC)CCN1C(=O)C(O)=C(C(=O)/C=C/c2ccco2)C1c1cc(OC)ccc1OC. The molecule has 1 amide bonds. The van der Waals surface area contributed by atoms with Gasteiger partial charge in [-0.15, -0.1) is 0 Å². The number of aliphatic hydroxyl groups excluding tert-OH is 1. The number of carbonyl (C=O) groups excluding carboxylic acids is 2. The van der Waals surface area contributed by atoms with Gasteiger partial charge in [0.25, 0.3) is 5.91 Å². The van der Waals surface area contributed by atoms with Gasteiger partial charge in [-0.2, -0.15) is 0 Å². The van der Waals surface area contributed by atoms with Gasteiger partial charge in [-0.25, -0.2) is 0 Å². The van der Waals surface area contributed by atoms with E-state index in [1.165, 1.54) is 37.5 Å². The number of hydrogen-bond donors (Lipinski definition) is 1. The fourth-order valence-corrected chi connectivity index (χ4v) is 3.94. The number of aliphatic hydroxyl groups is 1. The number of ketones is 1. The van der Waals surface area contributed by atoms with Gasteiger partial charge in [-0.1, -0.05) is 13.8 Å². The molecule has 3 rings (SSSR count). The van der Waals surface area contributed by atoms with Crippen molar-refractivity contribution in [3.63, 3.8) is 0 Å². The molecule has 8 heteroatoms. The second-order valence-electron chi connectivity index (χ2n) is 7.51. The first kappa shape index (κ1) is 24.1. The molecule has 1 aliphatic heterocycles. The average Bonchev–Trinajstić information content (AvgIpc) is 3.44. The Morgan fingerprint density at radius 2 is 1.97 bits per heavy atom. The van der Waals surface area contributed by atoms with E-state index >= 15 is 0 Å². The highest BCUT2D eigenvalue weighted by molar-refractivity contribution is 6.14. The lowest BCUT2D eigenvalue weighted by atomic mass is 9.94. The Hall–Kier alpha value is -3.52. The largest absolute Gasteiger partial charge is 0.503 e. The van der Waals surface area contributed by atoms with Crippen LogP contribution in [0.25, 0.3) is 6.08 Å². The summed E-state index contributed by atoms with van der Waals surface area (Å²) < 4.78 is 16.2. The topological polar surface area (TPSA) is 92.5 Å². The maximum absolute atomic E-state index is 13.2. The monoisotopic (exact) mass is 454 g/mol. The number of rotatable bonds is 11. The van der Waals surface area contributed by atoms with E-state index in [1.807, 2.05) is 13.8 Å². The predicted molar refractivity (Wildman–Crippen MR) is 124 cm³/mol. The molecule has 0 aliphatic carbocycles. The molecule has 1 unspecified atom stereocenters. The molecule has 0 spiro atoms. The van der Waals surface area contributed by atoms with Crippen molar-refractivity contribution >= 4 is 17.8 Å². The van der Waals surface area contributed by atoms with Gasteiger partial charge >= 0.3 is 0 Å². The van der Waals surface area contributed by atoms with Crippen LogP contribution in [0.3, 0.4) is 0 Å². The molecule has 1 aromatic heterocycles. The van der Waals surface area contributed by atoms with E-state index in [2.05, 4.69) is 4.90 Å². The zero-order valence-corrected chi connectivity index (χ0v) is 19.4. The molecule has 0 radical (unpaired) electrons. The Kier molecular flexibility index (Phi) is 7.95. The summed E-state index contributed by atoms with van der Waals surface area (Å²) in [6, 6.07) is 7.77. The third-order valence-corrected chi connectivity index (χ3v) is 5.79. The van der Waals surface area contributed by atoms with Crippen LogP contribution in [0.1, 0.15) is 31.2 Å². The maximum Gasteiger partial charge on any atom is 0.290 e. The summed E-state index contributed by atoms with van der Waals surface area (Å²) >= 11 is 0. The number of benzene rings is 1. The molecule has 33 heavy (non-hydrogen) atoms. The fourth-order valence-electron chi connectivity index (χ4n) is 3.94. The quantitative estimate of drug-likeness (QED) is 0.519. The van der Waals surface area contributed by atoms with Crippen LogP contribution in [0.4, 0.5) is 0 Å². The molecule has 1 atom stereocenters. The summed E-state index contributed by atoms with van der Waals surface area (Å²) in [4.78, 5) is 30.0. The number of hydrogen-bond acceptors (Lipinski definition) is 7. The number of nitrogens with zero attached hydrogens (tertiary/aromatic N) is 2. The highest BCUT2D eigenvalue weighted by Crippen LogP contribution is 2.42. The number of allylic oxidation sites excluding steroid dienone is 1. The van der Waals surface area contributed by atoms with Crippen LogP contribution >= 0.6 is 0 Å². The normalized spacial score (nSPS) is 16.3. The molecule has 1 N–H and O–H groups in total. The lowest BCUT2D eigenvalue weighted by Crippen LogP contribution is -2.38. The van der Waals surface area contributed by atoms with Crippen molar-refractivity contribution in [1.82, 2.24) is 9.80 Å². The second-order valence-corrected chi connectivity index (χ2v) is 7.51. The molecular formula is C25H30N2O6. The smallest absolute Gasteiger partial charge is 0.290 e. The molecule has 2 aromatic rings. The summed E-state index contributed by atoms with van der Waals surface area (Å²) in [6.45, 7) is 6.66. The van der Waals surface area contributed by atoms with E-state index in [4.69, 9.17) is 13.9 Å². The number of amides is 1. The average molecular weight is 455 g/mol. The fraction of sp³-hybridized carbons (Fsp3) is 0.360. The van der Waals surface area contributed by atoms with E-state index in [9.17, 15) is 14.7 Å². The van der Waals surface area contributed by atoms with Crippen LogP contribution < -0.4 is 9.47 Å². The van der Waals surface area contributed by atoms with Crippen LogP contribution in [0.5, 0.6) is 11.5 Å². The van der Waals surface area contributed by atoms with E-state index < -0.39 is 23.5 Å². The van der Waals surface area contributed by atoms with Crippen LogP contribution in [-0.4, -0.2) is 67.0 Å². The number of furan rings is 1. The van der Waals surface area contributed by atoms with E-state index in [0.717, 1.165) is 13.1 Å². The van der Waals surface area contributed by atoms with Crippen LogP contribution in [0.15, 0.2) is 58.4 Å². The van der Waals surface area contributed by atoms with Gasteiger partial charge in [-0.05, 0) is 55.6 Å². The third-order valence-electron chi connectivity index (χ3n) is 5.79. The number of carbonyl (C=O) groups is 2. The zero-order chi connectivity index (χ0) is 24.0. The minimum absolute atomic E-state index is 0.00564. The van der Waals surface area contributed by atoms with Gasteiger partial charge in [0.1, 0.15) is 17.3 Å². The van der Waals surface area contributed by atoms with Gasteiger partial charge in [0, 0.05) is 18.7 Å². The van der Waals surface area contributed by atoms with Gasteiger partial charge in [0.15, 0.2) is 11.5 Å². The molecule has 0 saturated heterocycles. The first-order valence-corrected chi connectivity index (χ1v) is 10.9. The van der Waals surface area contributed by atoms with Crippen molar-refractivity contribution in [2.75, 3.05) is 40.4 Å². The lowest BCUT2D eigenvalue weighted by molar-refractivity contribution is -0.129. The first-order valence-electron chi connectivity index (χ1n) is 10.9. The third kappa shape index (κ3) is 5.12. The predicted octanol–water partition coefficient (Wildman–Crippen LogP) is 3.62. The van der Waals surface area contributed by atoms with Gasteiger partial charge in [0.2, 0.25) is 0 Å². The standard InChI is InChI=1S/C25H30N2O6/c1-5-26(6-2)13-14-27-23(19-16-18(31-3)10-12-21(19)32-4)22(24(29)25(27)30)20(28)11-9-17-8-7-15-33-17/h7-12,15-16,23,29H,5-6,13-14H2,1-4H3/b11-9+. The summed E-state index contributed by atoms with van der Waals surface area (Å²) in [5.74, 6) is -0.118. The van der Waals surface area contributed by atoms with Crippen molar-refractivity contribution in [2.24, 2.45) is 0 Å². The second kappa shape index (κ2) is 10.9. The Bertz CT molecular complexity index is 1040. The molecule has 1 aromatic carbocycles. The number of likely N-dealkylation sites (N-methyl/N-ethyl adjacent to an activating group) is 1. The molecule has 2 heterocycles. The summed E-state index contributed by atoms with van der Waals surface area (Å²) in [6.07, 6.45) is 4.30. The van der Waals surface area contributed by atoms with Crippen molar-refractivity contribution in [3.05, 3.63) is 65.3 Å². The van der Waals surface area contributed by atoms with Crippen molar-refractivity contribution in [3.8, 4) is 11.5 Å².